The smallest absolute Gasteiger partial charge is 0.305 e. The van der Waals surface area contributed by atoms with E-state index in [0.717, 1.165) is 12.8 Å². The highest BCUT2D eigenvalue weighted by Crippen LogP contribution is 2.10. The number of rotatable bonds is 26. The fourth-order valence-corrected chi connectivity index (χ4v) is 3.12. The van der Waals surface area contributed by atoms with Gasteiger partial charge < -0.3 is 29.4 Å². The number of ether oxygens (including phenoxy) is 4. The zero-order valence-electron chi connectivity index (χ0n) is 21.2. The number of hydrogen-bond donors (Lipinski definition) is 2. The van der Waals surface area contributed by atoms with Crippen LogP contribution in [-0.4, -0.2) is 75.7 Å². The van der Waals surface area contributed by atoms with Crippen molar-refractivity contribution in [2.75, 3.05) is 52.8 Å². The number of carbonyl (C=O) groups excluding carboxylic acids is 2. The number of nitrogens with one attached hydrogen (secondary N) is 1. The maximum Gasteiger partial charge on any atom is 0.305 e. The number of carbonyl (C=O) groups is 3. The van der Waals surface area contributed by atoms with Gasteiger partial charge in [-0.25, -0.2) is 0 Å². The lowest BCUT2D eigenvalue weighted by Gasteiger charge is -2.08. The molecule has 9 nitrogen and oxygen atoms in total. The van der Waals surface area contributed by atoms with Crippen LogP contribution in [0.15, 0.2) is 0 Å². The summed E-state index contributed by atoms with van der Waals surface area (Å²) in [5.74, 6) is -1.40. The van der Waals surface area contributed by atoms with Gasteiger partial charge in [0.1, 0.15) is 6.61 Å². The molecule has 2 N–H and O–H groups in total. The van der Waals surface area contributed by atoms with Crippen molar-refractivity contribution in [3.05, 3.63) is 0 Å². The standard InChI is InChI=1S/C25H47NO8/c1-2-3-4-5-6-7-8-9-10-12-25(30)34-22-21-33-20-19-32-18-17-31-16-11-15-26-23(27)13-14-24(28)29/h2-22H2,1H3,(H,26,27)(H,28,29). The van der Waals surface area contributed by atoms with Gasteiger partial charge >= 0.3 is 11.9 Å². The minimum absolute atomic E-state index is 0.00606. The van der Waals surface area contributed by atoms with Crippen LogP contribution in [0.1, 0.15) is 90.4 Å². The molecule has 0 saturated heterocycles. The Morgan fingerprint density at radius 1 is 0.618 bits per heavy atom. The molecular weight excluding hydrogens is 442 g/mol. The van der Waals surface area contributed by atoms with E-state index < -0.39 is 5.97 Å². The Bertz CT molecular complexity index is 501. The fourth-order valence-electron chi connectivity index (χ4n) is 3.12. The average Bonchev–Trinajstić information content (AvgIpc) is 2.81. The van der Waals surface area contributed by atoms with Crippen LogP contribution in [0.25, 0.3) is 0 Å². The van der Waals surface area contributed by atoms with Crippen molar-refractivity contribution in [3.63, 3.8) is 0 Å². The monoisotopic (exact) mass is 489 g/mol. The quantitative estimate of drug-likeness (QED) is 0.139. The van der Waals surface area contributed by atoms with Gasteiger partial charge in [-0.2, -0.15) is 0 Å². The number of amides is 1. The van der Waals surface area contributed by atoms with Crippen molar-refractivity contribution in [2.24, 2.45) is 0 Å². The molecule has 0 aliphatic rings. The second kappa shape index (κ2) is 25.9. The molecule has 0 bridgehead atoms. The van der Waals surface area contributed by atoms with Gasteiger partial charge in [0.05, 0.1) is 39.5 Å². The lowest BCUT2D eigenvalue weighted by Crippen LogP contribution is -2.25. The Balaban J connectivity index is 3.21. The van der Waals surface area contributed by atoms with E-state index >= 15 is 0 Å². The summed E-state index contributed by atoms with van der Waals surface area (Å²) in [6.07, 6.45) is 12.0. The van der Waals surface area contributed by atoms with Gasteiger partial charge in [0.15, 0.2) is 0 Å². The summed E-state index contributed by atoms with van der Waals surface area (Å²) in [6.45, 7) is 5.57. The Morgan fingerprint density at radius 2 is 1.15 bits per heavy atom. The van der Waals surface area contributed by atoms with E-state index in [1.165, 1.54) is 44.9 Å². The van der Waals surface area contributed by atoms with E-state index in [9.17, 15) is 14.4 Å². The molecule has 0 aliphatic carbocycles. The molecule has 0 rings (SSSR count). The van der Waals surface area contributed by atoms with E-state index in [0.29, 0.717) is 59.0 Å². The third kappa shape index (κ3) is 26.5. The van der Waals surface area contributed by atoms with Crippen LogP contribution < -0.4 is 5.32 Å². The molecule has 0 aromatic carbocycles. The summed E-state index contributed by atoms with van der Waals surface area (Å²) in [6, 6.07) is 0. The Hall–Kier alpha value is -1.71. The molecule has 0 heterocycles. The van der Waals surface area contributed by atoms with Gasteiger partial charge in [0.2, 0.25) is 5.91 Å². The van der Waals surface area contributed by atoms with Crippen molar-refractivity contribution in [3.8, 4) is 0 Å². The average molecular weight is 490 g/mol. The highest BCUT2D eigenvalue weighted by atomic mass is 16.6. The predicted octanol–water partition coefficient (Wildman–Crippen LogP) is 3.87. The summed E-state index contributed by atoms with van der Waals surface area (Å²) in [5.41, 5.74) is 0. The molecule has 34 heavy (non-hydrogen) atoms. The van der Waals surface area contributed by atoms with E-state index in [-0.39, 0.29) is 31.3 Å². The molecule has 200 valence electrons. The number of unbranched alkanes of at least 4 members (excludes halogenated alkanes) is 8. The van der Waals surface area contributed by atoms with Crippen LogP contribution in [0, 0.1) is 0 Å². The summed E-state index contributed by atoms with van der Waals surface area (Å²) < 4.78 is 21.3. The van der Waals surface area contributed by atoms with E-state index in [4.69, 9.17) is 24.1 Å². The van der Waals surface area contributed by atoms with Gasteiger partial charge in [-0.3, -0.25) is 14.4 Å². The second-order valence-electron chi connectivity index (χ2n) is 8.23. The van der Waals surface area contributed by atoms with E-state index in [1.807, 2.05) is 0 Å². The van der Waals surface area contributed by atoms with Gasteiger partial charge in [-0.15, -0.1) is 0 Å². The molecule has 0 fully saturated rings. The highest BCUT2D eigenvalue weighted by Gasteiger charge is 2.04. The van der Waals surface area contributed by atoms with Crippen molar-refractivity contribution < 1.29 is 38.4 Å². The van der Waals surface area contributed by atoms with Gasteiger partial charge in [0, 0.05) is 26.0 Å². The molecule has 0 saturated carbocycles. The molecule has 0 atom stereocenters. The first-order chi connectivity index (χ1) is 16.6. The Morgan fingerprint density at radius 3 is 1.74 bits per heavy atom. The highest BCUT2D eigenvalue weighted by molar-refractivity contribution is 5.80. The number of esters is 1. The molecule has 0 aromatic heterocycles. The Labute approximate surface area is 205 Å². The number of carboxylic acids is 1. The van der Waals surface area contributed by atoms with Crippen LogP contribution in [0.3, 0.4) is 0 Å². The zero-order chi connectivity index (χ0) is 25.1. The van der Waals surface area contributed by atoms with Crippen LogP contribution in [0.2, 0.25) is 0 Å². The van der Waals surface area contributed by atoms with Gasteiger partial charge in [-0.1, -0.05) is 58.3 Å². The molecule has 9 heteroatoms. The number of aliphatic carboxylic acids is 1. The zero-order valence-corrected chi connectivity index (χ0v) is 21.2. The molecule has 0 aromatic rings. The molecule has 0 radical (unpaired) electrons. The normalized spacial score (nSPS) is 10.9. The first-order valence-electron chi connectivity index (χ1n) is 12.9. The molecule has 0 spiro atoms. The van der Waals surface area contributed by atoms with Crippen molar-refractivity contribution in [1.29, 1.82) is 0 Å². The first-order valence-corrected chi connectivity index (χ1v) is 12.9. The number of carboxylic acid groups (broad SMARTS) is 1. The summed E-state index contributed by atoms with van der Waals surface area (Å²) >= 11 is 0. The van der Waals surface area contributed by atoms with Crippen LogP contribution in [0.5, 0.6) is 0 Å². The van der Waals surface area contributed by atoms with Gasteiger partial charge in [-0.05, 0) is 12.8 Å². The largest absolute Gasteiger partial charge is 0.481 e. The number of hydrogen-bond acceptors (Lipinski definition) is 7. The van der Waals surface area contributed by atoms with Crippen molar-refractivity contribution in [1.82, 2.24) is 5.32 Å². The van der Waals surface area contributed by atoms with Crippen LogP contribution in [-0.2, 0) is 33.3 Å². The first kappa shape index (κ1) is 32.3. The maximum atomic E-state index is 11.7. The van der Waals surface area contributed by atoms with Crippen molar-refractivity contribution >= 4 is 17.8 Å². The summed E-state index contributed by atoms with van der Waals surface area (Å²) in [5, 5.41) is 11.1. The third-order valence-corrected chi connectivity index (χ3v) is 5.07. The van der Waals surface area contributed by atoms with Crippen LogP contribution in [0.4, 0.5) is 0 Å². The van der Waals surface area contributed by atoms with Crippen molar-refractivity contribution in [2.45, 2.75) is 90.4 Å². The molecular formula is C25H47NO8. The molecule has 1 amide bonds. The minimum Gasteiger partial charge on any atom is -0.481 e. The third-order valence-electron chi connectivity index (χ3n) is 5.07. The SMILES string of the molecule is CCCCCCCCCCCC(=O)OCCOCCOCCOCCCNC(=O)CCC(=O)O. The van der Waals surface area contributed by atoms with Gasteiger partial charge in [0.25, 0.3) is 0 Å². The fraction of sp³-hybridized carbons (Fsp3) is 0.880. The summed E-state index contributed by atoms with van der Waals surface area (Å²) in [4.78, 5) is 33.4. The second-order valence-corrected chi connectivity index (χ2v) is 8.23. The van der Waals surface area contributed by atoms with Crippen LogP contribution >= 0.6 is 0 Å². The molecule has 0 aliphatic heterocycles. The van der Waals surface area contributed by atoms with E-state index in [2.05, 4.69) is 12.2 Å². The minimum atomic E-state index is -0.980. The summed E-state index contributed by atoms with van der Waals surface area (Å²) in [7, 11) is 0. The maximum absolute atomic E-state index is 11.7. The molecule has 0 unspecified atom stereocenters. The topological polar surface area (TPSA) is 120 Å². The lowest BCUT2D eigenvalue weighted by atomic mass is 10.1. The van der Waals surface area contributed by atoms with E-state index in [1.54, 1.807) is 0 Å². The predicted molar refractivity (Wildman–Crippen MR) is 130 cm³/mol. The lowest BCUT2D eigenvalue weighted by molar-refractivity contribution is -0.145. The Kier molecular flexibility index (Phi) is 24.6.